The van der Waals surface area contributed by atoms with Crippen molar-refractivity contribution in [2.45, 2.75) is 33.1 Å². The molecule has 0 amide bonds. The molecule has 2 aromatic rings. The molecule has 0 bridgehead atoms. The summed E-state index contributed by atoms with van der Waals surface area (Å²) in [7, 11) is 0. The van der Waals surface area contributed by atoms with E-state index in [9.17, 15) is 4.39 Å². The number of halogens is 3. The molecule has 0 aromatic heterocycles. The Morgan fingerprint density at radius 3 is 2.00 bits per heavy atom. The average molecular weight is 356 g/mol. The molecule has 0 aliphatic carbocycles. The molecule has 1 atom stereocenters. The van der Waals surface area contributed by atoms with E-state index in [0.29, 0.717) is 4.47 Å². The van der Waals surface area contributed by atoms with Crippen LogP contribution in [0.1, 0.15) is 38.8 Å². The first-order valence-electron chi connectivity index (χ1n) is 6.48. The van der Waals surface area contributed by atoms with Crippen LogP contribution in [0.3, 0.4) is 0 Å². The maximum atomic E-state index is 13.6. The number of alkyl halides is 1. The van der Waals surface area contributed by atoms with Gasteiger partial charge in [-0.2, -0.15) is 0 Å². The predicted octanol–water partition coefficient (Wildman–Crippen LogP) is 6.15. The second-order valence-corrected chi connectivity index (χ2v) is 6.59. The molecule has 20 heavy (non-hydrogen) atoms. The van der Waals surface area contributed by atoms with E-state index in [1.54, 1.807) is 0 Å². The van der Waals surface area contributed by atoms with Gasteiger partial charge in [-0.25, -0.2) is 4.39 Å². The molecule has 0 aliphatic rings. The normalized spacial score (nSPS) is 12.6. The van der Waals surface area contributed by atoms with Crippen LogP contribution in [0.2, 0.25) is 0 Å². The molecule has 0 saturated heterocycles. The molecule has 1 unspecified atom stereocenters. The fraction of sp³-hybridized carbons (Fsp3) is 0.294. The van der Waals surface area contributed by atoms with Crippen LogP contribution < -0.4 is 0 Å². The summed E-state index contributed by atoms with van der Waals surface area (Å²) in [5.41, 5.74) is 6.63. The number of rotatable bonds is 2. The number of hydrogen-bond acceptors (Lipinski definition) is 0. The molecular weight excluding hydrogens is 339 g/mol. The lowest BCUT2D eigenvalue weighted by Crippen LogP contribution is -2.04. The smallest absolute Gasteiger partial charge is 0.124 e. The first-order chi connectivity index (χ1) is 9.31. The van der Waals surface area contributed by atoms with Crippen molar-refractivity contribution in [2.75, 3.05) is 0 Å². The monoisotopic (exact) mass is 354 g/mol. The van der Waals surface area contributed by atoms with Crippen LogP contribution in [0.5, 0.6) is 0 Å². The summed E-state index contributed by atoms with van der Waals surface area (Å²) in [6.45, 7) is 8.30. The number of benzene rings is 2. The van der Waals surface area contributed by atoms with Crippen LogP contribution in [0.15, 0.2) is 28.7 Å². The van der Waals surface area contributed by atoms with E-state index >= 15 is 0 Å². The van der Waals surface area contributed by atoms with Crippen molar-refractivity contribution >= 4 is 27.5 Å². The standard InChI is InChI=1S/C17H17BrClF/c1-9-5-10(2)12(4)16(11(9)3)17(19)13-6-14(18)8-15(20)7-13/h5-8,17H,1-4H3. The van der Waals surface area contributed by atoms with Gasteiger partial charge in [0, 0.05) is 4.47 Å². The third-order valence-corrected chi connectivity index (χ3v) is 4.78. The largest absolute Gasteiger partial charge is 0.207 e. The van der Waals surface area contributed by atoms with Crippen molar-refractivity contribution < 1.29 is 4.39 Å². The van der Waals surface area contributed by atoms with Gasteiger partial charge in [0.1, 0.15) is 5.82 Å². The highest BCUT2D eigenvalue weighted by molar-refractivity contribution is 9.10. The summed E-state index contributed by atoms with van der Waals surface area (Å²) in [6, 6.07) is 6.98. The second-order valence-electron chi connectivity index (χ2n) is 5.24. The van der Waals surface area contributed by atoms with Gasteiger partial charge in [-0.15, -0.1) is 11.6 Å². The summed E-state index contributed by atoms with van der Waals surface area (Å²) in [6.07, 6.45) is 0. The molecule has 0 nitrogen and oxygen atoms in total. The Morgan fingerprint density at radius 2 is 1.50 bits per heavy atom. The topological polar surface area (TPSA) is 0 Å². The van der Waals surface area contributed by atoms with Gasteiger partial charge in [-0.05, 0) is 79.3 Å². The summed E-state index contributed by atoms with van der Waals surface area (Å²) < 4.78 is 14.3. The molecule has 106 valence electrons. The molecule has 0 aliphatic heterocycles. The highest BCUT2D eigenvalue weighted by Crippen LogP contribution is 2.37. The maximum absolute atomic E-state index is 13.6. The van der Waals surface area contributed by atoms with Gasteiger partial charge < -0.3 is 0 Å². The fourth-order valence-electron chi connectivity index (χ4n) is 2.52. The molecule has 3 heteroatoms. The quantitative estimate of drug-likeness (QED) is 0.567. The van der Waals surface area contributed by atoms with E-state index in [1.165, 1.54) is 34.4 Å². The minimum absolute atomic E-state index is 0.278. The third-order valence-electron chi connectivity index (χ3n) is 3.86. The lowest BCUT2D eigenvalue weighted by atomic mass is 9.90. The van der Waals surface area contributed by atoms with Crippen molar-refractivity contribution in [2.24, 2.45) is 0 Å². The Labute approximate surface area is 133 Å². The predicted molar refractivity (Wildman–Crippen MR) is 87.2 cm³/mol. The van der Waals surface area contributed by atoms with Crippen molar-refractivity contribution in [3.8, 4) is 0 Å². The van der Waals surface area contributed by atoms with Crippen LogP contribution in [-0.4, -0.2) is 0 Å². The van der Waals surface area contributed by atoms with E-state index in [1.807, 2.05) is 6.07 Å². The van der Waals surface area contributed by atoms with E-state index < -0.39 is 0 Å². The summed E-state index contributed by atoms with van der Waals surface area (Å²) in [5, 5.41) is -0.347. The van der Waals surface area contributed by atoms with E-state index in [-0.39, 0.29) is 11.2 Å². The van der Waals surface area contributed by atoms with Gasteiger partial charge in [0.2, 0.25) is 0 Å². The van der Waals surface area contributed by atoms with E-state index in [0.717, 1.165) is 11.1 Å². The lowest BCUT2D eigenvalue weighted by molar-refractivity contribution is 0.624. The van der Waals surface area contributed by atoms with Gasteiger partial charge in [0.05, 0.1) is 5.38 Å². The van der Waals surface area contributed by atoms with Gasteiger partial charge >= 0.3 is 0 Å². The molecule has 0 N–H and O–H groups in total. The first-order valence-corrected chi connectivity index (χ1v) is 7.71. The number of hydrogen-bond donors (Lipinski definition) is 0. The Bertz CT molecular complexity index is 618. The first kappa shape index (κ1) is 15.5. The average Bonchev–Trinajstić information content (AvgIpc) is 2.35. The second kappa shape index (κ2) is 5.87. The summed E-state index contributed by atoms with van der Waals surface area (Å²) >= 11 is 9.96. The molecule has 0 radical (unpaired) electrons. The fourth-order valence-corrected chi connectivity index (χ4v) is 3.45. The van der Waals surface area contributed by atoms with Crippen molar-refractivity contribution in [3.63, 3.8) is 0 Å². The third kappa shape index (κ3) is 2.91. The van der Waals surface area contributed by atoms with E-state index in [2.05, 4.69) is 49.7 Å². The molecule has 2 rings (SSSR count). The molecule has 0 saturated carbocycles. The van der Waals surface area contributed by atoms with Gasteiger partial charge in [-0.3, -0.25) is 0 Å². The highest BCUT2D eigenvalue weighted by atomic mass is 79.9. The Morgan fingerprint density at radius 1 is 0.950 bits per heavy atom. The van der Waals surface area contributed by atoms with Crippen LogP contribution in [0.25, 0.3) is 0 Å². The minimum atomic E-state index is -0.347. The molecule has 0 spiro atoms. The molecular formula is C17H17BrClF. The van der Waals surface area contributed by atoms with Gasteiger partial charge in [-0.1, -0.05) is 22.0 Å². The molecule has 0 fully saturated rings. The van der Waals surface area contributed by atoms with Crippen LogP contribution >= 0.6 is 27.5 Å². The van der Waals surface area contributed by atoms with E-state index in [4.69, 9.17) is 11.6 Å². The Balaban J connectivity index is 2.61. The van der Waals surface area contributed by atoms with Crippen LogP contribution in [-0.2, 0) is 0 Å². The SMILES string of the molecule is Cc1cc(C)c(C)c(C(Cl)c2cc(F)cc(Br)c2)c1C. The van der Waals surface area contributed by atoms with Crippen molar-refractivity contribution in [1.82, 2.24) is 0 Å². The summed E-state index contributed by atoms with van der Waals surface area (Å²) in [4.78, 5) is 0. The van der Waals surface area contributed by atoms with Crippen LogP contribution in [0, 0.1) is 33.5 Å². The lowest BCUT2D eigenvalue weighted by Gasteiger charge is -2.20. The Kier molecular flexibility index (Phi) is 4.55. The van der Waals surface area contributed by atoms with Gasteiger partial charge in [0.25, 0.3) is 0 Å². The van der Waals surface area contributed by atoms with Crippen molar-refractivity contribution in [3.05, 3.63) is 67.9 Å². The zero-order valence-corrected chi connectivity index (χ0v) is 14.4. The minimum Gasteiger partial charge on any atom is -0.207 e. The highest BCUT2D eigenvalue weighted by Gasteiger charge is 2.19. The summed E-state index contributed by atoms with van der Waals surface area (Å²) in [5.74, 6) is -0.278. The van der Waals surface area contributed by atoms with Gasteiger partial charge in [0.15, 0.2) is 0 Å². The molecule has 2 aromatic carbocycles. The maximum Gasteiger partial charge on any atom is 0.124 e. The number of aryl methyl sites for hydroxylation is 2. The Hall–Kier alpha value is -0.860. The zero-order valence-electron chi connectivity index (χ0n) is 12.0. The molecule has 0 heterocycles. The van der Waals surface area contributed by atoms with Crippen LogP contribution in [0.4, 0.5) is 4.39 Å². The van der Waals surface area contributed by atoms with Crippen molar-refractivity contribution in [1.29, 1.82) is 0 Å². The zero-order chi connectivity index (χ0) is 15.0.